The maximum Gasteiger partial charge on any atom is 0.255 e. The molecule has 1 aliphatic rings. The molecule has 0 saturated carbocycles. The highest BCUT2D eigenvalue weighted by atomic mass is 19.1. The van der Waals surface area contributed by atoms with E-state index in [1.807, 2.05) is 36.4 Å². The van der Waals surface area contributed by atoms with Crippen LogP contribution in [0.3, 0.4) is 0 Å². The lowest BCUT2D eigenvalue weighted by molar-refractivity contribution is 0.0375. The van der Waals surface area contributed by atoms with Crippen molar-refractivity contribution < 1.29 is 13.9 Å². The number of ether oxygens (including phenoxy) is 2. The normalized spacial score (nSPS) is 15.7. The van der Waals surface area contributed by atoms with Crippen molar-refractivity contribution >= 4 is 5.95 Å². The largest absolute Gasteiger partial charge is 0.496 e. The van der Waals surface area contributed by atoms with Crippen molar-refractivity contribution in [3.8, 4) is 28.1 Å². The highest BCUT2D eigenvalue weighted by Gasteiger charge is 2.27. The SMILES string of the molecule is COc1ccc(-c2cccc(F)c2)cc1C1CN(c2nc(-c3ccncc3)cc(=O)n2C)CCO1. The average molecular weight is 473 g/mol. The zero-order valence-electron chi connectivity index (χ0n) is 19.5. The van der Waals surface area contributed by atoms with Gasteiger partial charge in [-0.2, -0.15) is 0 Å². The number of benzene rings is 2. The Morgan fingerprint density at radius 2 is 1.83 bits per heavy atom. The molecule has 0 spiro atoms. The number of nitrogens with zero attached hydrogens (tertiary/aromatic N) is 4. The average Bonchev–Trinajstić information content (AvgIpc) is 2.90. The molecule has 0 amide bonds. The van der Waals surface area contributed by atoms with Gasteiger partial charge in [0.05, 0.1) is 26.0 Å². The fourth-order valence-electron chi connectivity index (χ4n) is 4.33. The summed E-state index contributed by atoms with van der Waals surface area (Å²) in [6, 6.07) is 17.4. The summed E-state index contributed by atoms with van der Waals surface area (Å²) in [4.78, 5) is 23.7. The molecule has 178 valence electrons. The molecule has 4 aromatic rings. The van der Waals surface area contributed by atoms with Crippen molar-refractivity contribution in [2.24, 2.45) is 7.05 Å². The number of hydrogen-bond donors (Lipinski definition) is 0. The summed E-state index contributed by atoms with van der Waals surface area (Å²) in [5.41, 5.74) is 3.78. The van der Waals surface area contributed by atoms with E-state index in [2.05, 4.69) is 9.88 Å². The van der Waals surface area contributed by atoms with E-state index >= 15 is 0 Å². The monoisotopic (exact) mass is 472 g/mol. The number of hydrogen-bond acceptors (Lipinski definition) is 6. The second-order valence-electron chi connectivity index (χ2n) is 8.35. The zero-order valence-corrected chi connectivity index (χ0v) is 19.5. The van der Waals surface area contributed by atoms with Crippen LogP contribution >= 0.6 is 0 Å². The van der Waals surface area contributed by atoms with Gasteiger partial charge in [-0.1, -0.05) is 18.2 Å². The maximum absolute atomic E-state index is 13.8. The molecular formula is C27H25FN4O3. The minimum absolute atomic E-state index is 0.143. The molecule has 2 aromatic heterocycles. The number of pyridine rings is 1. The van der Waals surface area contributed by atoms with Gasteiger partial charge in [-0.15, -0.1) is 0 Å². The van der Waals surface area contributed by atoms with Crippen LogP contribution < -0.4 is 15.2 Å². The van der Waals surface area contributed by atoms with Gasteiger partial charge in [0.15, 0.2) is 0 Å². The zero-order chi connectivity index (χ0) is 24.4. The molecule has 35 heavy (non-hydrogen) atoms. The van der Waals surface area contributed by atoms with Gasteiger partial charge < -0.3 is 14.4 Å². The first kappa shape index (κ1) is 22.7. The predicted octanol–water partition coefficient (Wildman–Crippen LogP) is 4.23. The summed E-state index contributed by atoms with van der Waals surface area (Å²) in [5, 5.41) is 0. The molecule has 0 radical (unpaired) electrons. The van der Waals surface area contributed by atoms with E-state index in [4.69, 9.17) is 14.5 Å². The van der Waals surface area contributed by atoms with E-state index in [1.54, 1.807) is 37.2 Å². The third-order valence-corrected chi connectivity index (χ3v) is 6.17. The third kappa shape index (κ3) is 4.65. The minimum Gasteiger partial charge on any atom is -0.496 e. The highest BCUT2D eigenvalue weighted by Crippen LogP contribution is 2.35. The van der Waals surface area contributed by atoms with Crippen molar-refractivity contribution in [1.82, 2.24) is 14.5 Å². The van der Waals surface area contributed by atoms with E-state index < -0.39 is 0 Å². The molecule has 7 nitrogen and oxygen atoms in total. The molecule has 1 fully saturated rings. The number of aromatic nitrogens is 3. The van der Waals surface area contributed by atoms with Gasteiger partial charge in [0.1, 0.15) is 17.7 Å². The summed E-state index contributed by atoms with van der Waals surface area (Å²) in [6.45, 7) is 1.51. The summed E-state index contributed by atoms with van der Waals surface area (Å²) >= 11 is 0. The second-order valence-corrected chi connectivity index (χ2v) is 8.35. The molecule has 2 aromatic carbocycles. The first-order valence-corrected chi connectivity index (χ1v) is 11.3. The molecular weight excluding hydrogens is 447 g/mol. The first-order valence-electron chi connectivity index (χ1n) is 11.3. The molecule has 0 bridgehead atoms. The Hall–Kier alpha value is -4.04. The molecule has 1 saturated heterocycles. The van der Waals surface area contributed by atoms with Crippen molar-refractivity contribution in [2.75, 3.05) is 31.7 Å². The number of methoxy groups -OCH3 is 1. The lowest BCUT2D eigenvalue weighted by atomic mass is 9.98. The van der Waals surface area contributed by atoms with Crippen LogP contribution in [0.15, 0.2) is 77.9 Å². The maximum atomic E-state index is 13.8. The fraction of sp³-hybridized carbons (Fsp3) is 0.222. The Kier molecular flexibility index (Phi) is 6.29. The van der Waals surface area contributed by atoms with E-state index in [0.717, 1.165) is 22.3 Å². The molecule has 1 unspecified atom stereocenters. The van der Waals surface area contributed by atoms with Crippen LogP contribution in [0.25, 0.3) is 22.4 Å². The van der Waals surface area contributed by atoms with Gasteiger partial charge in [-0.3, -0.25) is 14.3 Å². The molecule has 1 atom stereocenters. The van der Waals surface area contributed by atoms with E-state index in [1.165, 1.54) is 18.2 Å². The fourth-order valence-corrected chi connectivity index (χ4v) is 4.33. The Morgan fingerprint density at radius 3 is 2.60 bits per heavy atom. The Bertz CT molecular complexity index is 1410. The van der Waals surface area contributed by atoms with E-state index in [9.17, 15) is 9.18 Å². The summed E-state index contributed by atoms with van der Waals surface area (Å²) in [7, 11) is 3.33. The molecule has 1 aliphatic heterocycles. The van der Waals surface area contributed by atoms with E-state index in [0.29, 0.717) is 37.1 Å². The Balaban J connectivity index is 1.50. The molecule has 8 heteroatoms. The number of anilines is 1. The predicted molar refractivity (Wildman–Crippen MR) is 132 cm³/mol. The summed E-state index contributed by atoms with van der Waals surface area (Å²) in [6.07, 6.45) is 3.03. The number of rotatable bonds is 5. The van der Waals surface area contributed by atoms with Gasteiger partial charge >= 0.3 is 0 Å². The van der Waals surface area contributed by atoms with Crippen molar-refractivity contribution in [1.29, 1.82) is 0 Å². The smallest absolute Gasteiger partial charge is 0.255 e. The van der Waals surface area contributed by atoms with Crippen molar-refractivity contribution in [3.63, 3.8) is 0 Å². The summed E-state index contributed by atoms with van der Waals surface area (Å²) in [5.74, 6) is 0.961. The summed E-state index contributed by atoms with van der Waals surface area (Å²) < 4.78 is 27.1. The molecule has 3 heterocycles. The van der Waals surface area contributed by atoms with Crippen LogP contribution in [0.4, 0.5) is 10.3 Å². The minimum atomic E-state index is -0.325. The quantitative estimate of drug-likeness (QED) is 0.433. The molecule has 0 N–H and O–H groups in total. The number of morpholine rings is 1. The Labute approximate surface area is 202 Å². The topological polar surface area (TPSA) is 69.5 Å². The van der Waals surface area contributed by atoms with Crippen LogP contribution in [0.5, 0.6) is 5.75 Å². The van der Waals surface area contributed by atoms with Gasteiger partial charge in [-0.25, -0.2) is 9.37 Å². The second kappa shape index (κ2) is 9.68. The van der Waals surface area contributed by atoms with Crippen LogP contribution in [0.2, 0.25) is 0 Å². The number of halogens is 1. The lowest BCUT2D eigenvalue weighted by Crippen LogP contribution is -2.41. The van der Waals surface area contributed by atoms with Crippen molar-refractivity contribution in [3.05, 3.63) is 94.8 Å². The Morgan fingerprint density at radius 1 is 1.03 bits per heavy atom. The highest BCUT2D eigenvalue weighted by molar-refractivity contribution is 5.66. The standard InChI is InChI=1S/C27H25FN4O3/c1-31-26(33)16-23(18-8-10-29-11-9-18)30-27(31)32-12-13-35-25(17-32)22-15-20(6-7-24(22)34-2)19-4-3-5-21(28)14-19/h3-11,14-16,25H,12-13,17H2,1-2H3. The van der Waals surface area contributed by atoms with Gasteiger partial charge in [-0.05, 0) is 47.5 Å². The van der Waals surface area contributed by atoms with Crippen LogP contribution in [-0.4, -0.2) is 41.3 Å². The van der Waals surface area contributed by atoms with Gasteiger partial charge in [0, 0.05) is 43.2 Å². The van der Waals surface area contributed by atoms with Crippen LogP contribution in [0.1, 0.15) is 11.7 Å². The first-order chi connectivity index (χ1) is 17.0. The van der Waals surface area contributed by atoms with Gasteiger partial charge in [0.2, 0.25) is 5.95 Å². The van der Waals surface area contributed by atoms with Crippen LogP contribution in [0, 0.1) is 5.82 Å². The molecule has 0 aliphatic carbocycles. The molecule has 5 rings (SSSR count). The van der Waals surface area contributed by atoms with Crippen LogP contribution in [-0.2, 0) is 11.8 Å². The lowest BCUT2D eigenvalue weighted by Gasteiger charge is -2.35. The van der Waals surface area contributed by atoms with E-state index in [-0.39, 0.29) is 17.5 Å². The van der Waals surface area contributed by atoms with Gasteiger partial charge in [0.25, 0.3) is 5.56 Å². The van der Waals surface area contributed by atoms with Crippen molar-refractivity contribution in [2.45, 2.75) is 6.10 Å². The third-order valence-electron chi connectivity index (χ3n) is 6.17.